The van der Waals surface area contributed by atoms with Crippen LogP contribution in [0.1, 0.15) is 30.4 Å². The second kappa shape index (κ2) is 4.33. The van der Waals surface area contributed by atoms with E-state index in [0.717, 1.165) is 30.9 Å². The molecule has 1 aliphatic rings. The maximum Gasteiger partial charge on any atom is 0.155 e. The van der Waals surface area contributed by atoms with E-state index in [9.17, 15) is 0 Å². The van der Waals surface area contributed by atoms with Gasteiger partial charge in [0.05, 0.1) is 11.7 Å². The molecule has 5 heteroatoms. The number of aryl methyl sites for hydroxylation is 1. The monoisotopic (exact) mass is 245 g/mol. The molecular weight excluding hydrogens is 226 g/mol. The van der Waals surface area contributed by atoms with E-state index in [2.05, 4.69) is 28.1 Å². The molecule has 18 heavy (non-hydrogen) atoms. The molecule has 2 aromatic rings. The van der Waals surface area contributed by atoms with Gasteiger partial charge in [-0.1, -0.05) is 6.07 Å². The van der Waals surface area contributed by atoms with Gasteiger partial charge in [-0.05, 0) is 45.5 Å². The van der Waals surface area contributed by atoms with E-state index in [1.54, 1.807) is 0 Å². The number of aromatic nitrogens is 3. The summed E-state index contributed by atoms with van der Waals surface area (Å²) in [5.74, 6) is 0.810. The molecule has 1 saturated heterocycles. The van der Waals surface area contributed by atoms with Crippen LogP contribution in [-0.2, 0) is 0 Å². The summed E-state index contributed by atoms with van der Waals surface area (Å²) in [4.78, 5) is 6.77. The van der Waals surface area contributed by atoms with E-state index in [0.29, 0.717) is 6.04 Å². The summed E-state index contributed by atoms with van der Waals surface area (Å²) < 4.78 is 1.95. The summed E-state index contributed by atoms with van der Waals surface area (Å²) in [5.41, 5.74) is 8.20. The van der Waals surface area contributed by atoms with Gasteiger partial charge in [0.2, 0.25) is 0 Å². The Hall–Kier alpha value is -1.46. The van der Waals surface area contributed by atoms with Crippen LogP contribution in [0.3, 0.4) is 0 Å². The third-order valence-corrected chi connectivity index (χ3v) is 3.75. The Morgan fingerprint density at radius 1 is 1.39 bits per heavy atom. The molecule has 2 atom stereocenters. The third-order valence-electron chi connectivity index (χ3n) is 3.75. The van der Waals surface area contributed by atoms with Crippen molar-refractivity contribution in [3.8, 4) is 0 Å². The second-order valence-corrected chi connectivity index (χ2v) is 5.16. The lowest BCUT2D eigenvalue weighted by Gasteiger charge is -2.35. The molecule has 3 heterocycles. The van der Waals surface area contributed by atoms with Crippen LogP contribution in [0.2, 0.25) is 0 Å². The van der Waals surface area contributed by atoms with Crippen LogP contribution in [0.5, 0.6) is 0 Å². The maximum atomic E-state index is 6.10. The highest BCUT2D eigenvalue weighted by Crippen LogP contribution is 2.28. The minimum atomic E-state index is 0.283. The maximum absolute atomic E-state index is 6.10. The normalized spacial score (nSPS) is 25.7. The molecule has 1 aliphatic heterocycles. The topological polar surface area (TPSA) is 59.5 Å². The SMILES string of the molecule is Cc1nc2cccc(C3CC(N)CCN3C)n2n1. The Bertz CT molecular complexity index is 562. The zero-order chi connectivity index (χ0) is 12.7. The van der Waals surface area contributed by atoms with Gasteiger partial charge in [-0.15, -0.1) is 0 Å². The number of rotatable bonds is 1. The highest BCUT2D eigenvalue weighted by atomic mass is 15.3. The average molecular weight is 245 g/mol. The van der Waals surface area contributed by atoms with Gasteiger partial charge < -0.3 is 5.73 Å². The van der Waals surface area contributed by atoms with Crippen molar-refractivity contribution < 1.29 is 0 Å². The number of likely N-dealkylation sites (tertiary alicyclic amines) is 1. The lowest BCUT2D eigenvalue weighted by molar-refractivity contribution is 0.166. The summed E-state index contributed by atoms with van der Waals surface area (Å²) in [5, 5.41) is 4.49. The number of hydrogen-bond acceptors (Lipinski definition) is 4. The molecule has 96 valence electrons. The molecule has 3 rings (SSSR count). The lowest BCUT2D eigenvalue weighted by atomic mass is 9.96. The van der Waals surface area contributed by atoms with Crippen LogP contribution in [-0.4, -0.2) is 39.1 Å². The van der Waals surface area contributed by atoms with Crippen LogP contribution in [0.15, 0.2) is 18.2 Å². The molecule has 0 spiro atoms. The minimum Gasteiger partial charge on any atom is -0.328 e. The predicted molar refractivity (Wildman–Crippen MR) is 70.3 cm³/mol. The van der Waals surface area contributed by atoms with E-state index in [-0.39, 0.29) is 6.04 Å². The molecule has 2 aromatic heterocycles. The Labute approximate surface area is 107 Å². The van der Waals surface area contributed by atoms with Crippen molar-refractivity contribution in [2.45, 2.75) is 31.8 Å². The first kappa shape index (κ1) is 11.6. The zero-order valence-corrected chi connectivity index (χ0v) is 10.9. The Morgan fingerprint density at radius 2 is 2.22 bits per heavy atom. The van der Waals surface area contributed by atoms with Crippen LogP contribution >= 0.6 is 0 Å². The summed E-state index contributed by atoms with van der Waals surface area (Å²) in [6.07, 6.45) is 2.05. The van der Waals surface area contributed by atoms with Crippen molar-refractivity contribution in [2.75, 3.05) is 13.6 Å². The fraction of sp³-hybridized carbons (Fsp3) is 0.538. The Morgan fingerprint density at radius 3 is 3.06 bits per heavy atom. The van der Waals surface area contributed by atoms with Gasteiger partial charge in [0, 0.05) is 6.04 Å². The largest absolute Gasteiger partial charge is 0.328 e. The first-order valence-electron chi connectivity index (χ1n) is 6.43. The van der Waals surface area contributed by atoms with Crippen molar-refractivity contribution in [3.63, 3.8) is 0 Å². The smallest absolute Gasteiger partial charge is 0.155 e. The lowest BCUT2D eigenvalue weighted by Crippen LogP contribution is -2.40. The molecule has 2 unspecified atom stereocenters. The van der Waals surface area contributed by atoms with E-state index in [4.69, 9.17) is 5.73 Å². The van der Waals surface area contributed by atoms with Crippen molar-refractivity contribution >= 4 is 5.65 Å². The second-order valence-electron chi connectivity index (χ2n) is 5.16. The van der Waals surface area contributed by atoms with E-state index < -0.39 is 0 Å². The fourth-order valence-corrected chi connectivity index (χ4v) is 2.74. The van der Waals surface area contributed by atoms with Gasteiger partial charge in [0.25, 0.3) is 0 Å². The number of nitrogens with two attached hydrogens (primary N) is 1. The molecule has 0 saturated carbocycles. The molecule has 2 N–H and O–H groups in total. The summed E-state index contributed by atoms with van der Waals surface area (Å²) in [6, 6.07) is 6.78. The molecule has 0 aromatic carbocycles. The van der Waals surface area contributed by atoms with E-state index in [1.165, 1.54) is 5.69 Å². The number of fused-ring (bicyclic) bond motifs is 1. The Balaban J connectivity index is 2.07. The number of hydrogen-bond donors (Lipinski definition) is 1. The highest BCUT2D eigenvalue weighted by molar-refractivity contribution is 5.39. The van der Waals surface area contributed by atoms with Crippen molar-refractivity contribution in [2.24, 2.45) is 5.73 Å². The molecule has 5 nitrogen and oxygen atoms in total. The first-order chi connectivity index (χ1) is 8.65. The minimum absolute atomic E-state index is 0.283. The first-order valence-corrected chi connectivity index (χ1v) is 6.43. The summed E-state index contributed by atoms with van der Waals surface area (Å²) in [6.45, 7) is 2.96. The van der Waals surface area contributed by atoms with Gasteiger partial charge in [-0.3, -0.25) is 4.90 Å². The third kappa shape index (κ3) is 1.89. The number of pyridine rings is 1. The van der Waals surface area contributed by atoms with Crippen molar-refractivity contribution in [3.05, 3.63) is 29.7 Å². The van der Waals surface area contributed by atoms with Gasteiger partial charge >= 0.3 is 0 Å². The zero-order valence-electron chi connectivity index (χ0n) is 10.9. The van der Waals surface area contributed by atoms with Gasteiger partial charge in [0.1, 0.15) is 5.82 Å². The van der Waals surface area contributed by atoms with Gasteiger partial charge in [0.15, 0.2) is 5.65 Å². The Kier molecular flexibility index (Phi) is 2.80. The fourth-order valence-electron chi connectivity index (χ4n) is 2.74. The molecule has 0 amide bonds. The molecule has 0 radical (unpaired) electrons. The quantitative estimate of drug-likeness (QED) is 0.818. The van der Waals surface area contributed by atoms with Crippen LogP contribution in [0.4, 0.5) is 0 Å². The predicted octanol–water partition coefficient (Wildman–Crippen LogP) is 1.13. The summed E-state index contributed by atoms with van der Waals surface area (Å²) in [7, 11) is 2.15. The van der Waals surface area contributed by atoms with Crippen molar-refractivity contribution in [1.82, 2.24) is 19.5 Å². The molecular formula is C13H19N5. The molecule has 1 fully saturated rings. The standard InChI is InChI=1S/C13H19N5/c1-9-15-13-5-3-4-11(18(13)16-9)12-8-10(14)6-7-17(12)2/h3-5,10,12H,6-8,14H2,1-2H3. The summed E-state index contributed by atoms with van der Waals surface area (Å²) >= 11 is 0. The van der Waals surface area contributed by atoms with Crippen LogP contribution in [0, 0.1) is 6.92 Å². The van der Waals surface area contributed by atoms with Crippen molar-refractivity contribution in [1.29, 1.82) is 0 Å². The number of nitrogens with zero attached hydrogens (tertiary/aromatic N) is 4. The number of piperidine rings is 1. The van der Waals surface area contributed by atoms with Crippen LogP contribution in [0.25, 0.3) is 5.65 Å². The average Bonchev–Trinajstić information content (AvgIpc) is 2.72. The highest BCUT2D eigenvalue weighted by Gasteiger charge is 2.27. The van der Waals surface area contributed by atoms with Gasteiger partial charge in [-0.2, -0.15) is 5.10 Å². The van der Waals surface area contributed by atoms with Crippen LogP contribution < -0.4 is 5.73 Å². The van der Waals surface area contributed by atoms with E-state index in [1.807, 2.05) is 23.6 Å². The van der Waals surface area contributed by atoms with E-state index >= 15 is 0 Å². The molecule has 0 bridgehead atoms. The molecule has 0 aliphatic carbocycles. The van der Waals surface area contributed by atoms with Gasteiger partial charge in [-0.25, -0.2) is 9.50 Å².